The molecule has 16 heavy (non-hydrogen) atoms. The highest BCUT2D eigenvalue weighted by atomic mass is 16.5. The molecule has 4 heteroatoms. The molecule has 0 saturated heterocycles. The van der Waals surface area contributed by atoms with Crippen LogP contribution in [0.5, 0.6) is 5.75 Å². The highest BCUT2D eigenvalue weighted by Crippen LogP contribution is 2.20. The number of hydrogen-bond donors (Lipinski definition) is 1. The molecule has 0 bridgehead atoms. The first-order valence-electron chi connectivity index (χ1n) is 4.90. The van der Waals surface area contributed by atoms with Crippen molar-refractivity contribution in [3.63, 3.8) is 0 Å². The van der Waals surface area contributed by atoms with Crippen LogP contribution in [0.3, 0.4) is 0 Å². The minimum absolute atomic E-state index is 0.222. The van der Waals surface area contributed by atoms with E-state index < -0.39 is 5.97 Å². The Bertz CT molecular complexity index is 459. The van der Waals surface area contributed by atoms with Crippen LogP contribution in [0.4, 0.5) is 0 Å². The van der Waals surface area contributed by atoms with Gasteiger partial charge in [0.2, 0.25) is 0 Å². The zero-order chi connectivity index (χ0) is 12.0. The predicted molar refractivity (Wildman–Crippen MR) is 60.7 cm³/mol. The summed E-state index contributed by atoms with van der Waals surface area (Å²) in [7, 11) is 1.65. The van der Waals surface area contributed by atoms with E-state index in [1.54, 1.807) is 20.3 Å². The molecule has 0 atom stereocenters. The Morgan fingerprint density at radius 1 is 1.44 bits per heavy atom. The van der Waals surface area contributed by atoms with Gasteiger partial charge in [0, 0.05) is 11.8 Å². The van der Waals surface area contributed by atoms with Gasteiger partial charge in [0.15, 0.2) is 0 Å². The molecular weight excluding hydrogens is 208 g/mol. The fourth-order valence-corrected chi connectivity index (χ4v) is 1.07. The molecule has 0 amide bonds. The summed E-state index contributed by atoms with van der Waals surface area (Å²) in [5, 5.41) is 8.80. The molecule has 0 aliphatic rings. The summed E-state index contributed by atoms with van der Waals surface area (Å²) in [6.07, 6.45) is 1.89. The zero-order valence-electron chi connectivity index (χ0n) is 9.27. The molecular formula is C12H14O4. The van der Waals surface area contributed by atoms with Crippen LogP contribution < -0.4 is 4.74 Å². The van der Waals surface area contributed by atoms with E-state index >= 15 is 0 Å². The minimum atomic E-state index is -0.745. The first-order valence-corrected chi connectivity index (χ1v) is 4.90. The SMILES string of the molecule is CCC(=O)O.COc1ccc2occc2c1. The van der Waals surface area contributed by atoms with Gasteiger partial charge in [-0.05, 0) is 24.3 Å². The molecule has 2 aromatic rings. The number of benzene rings is 1. The van der Waals surface area contributed by atoms with Crippen LogP contribution in [-0.4, -0.2) is 18.2 Å². The standard InChI is InChI=1S/C9H8O2.C3H6O2/c1-10-8-2-3-9-7(6-8)4-5-11-9;1-2-3(4)5/h2-6H,1H3;2H2,1H3,(H,4,5). The van der Waals surface area contributed by atoms with E-state index in [-0.39, 0.29) is 6.42 Å². The summed E-state index contributed by atoms with van der Waals surface area (Å²) >= 11 is 0. The largest absolute Gasteiger partial charge is 0.497 e. The van der Waals surface area contributed by atoms with Crippen LogP contribution >= 0.6 is 0 Å². The summed E-state index contributed by atoms with van der Waals surface area (Å²) in [4.78, 5) is 9.37. The number of fused-ring (bicyclic) bond motifs is 1. The lowest BCUT2D eigenvalue weighted by Gasteiger charge is -1.96. The van der Waals surface area contributed by atoms with Crippen molar-refractivity contribution in [2.45, 2.75) is 13.3 Å². The van der Waals surface area contributed by atoms with Crippen LogP contribution in [0.1, 0.15) is 13.3 Å². The topological polar surface area (TPSA) is 59.7 Å². The number of aliphatic carboxylic acids is 1. The van der Waals surface area contributed by atoms with Crippen LogP contribution in [0, 0.1) is 0 Å². The normalized spacial score (nSPS) is 9.38. The highest BCUT2D eigenvalue weighted by Gasteiger charge is 1.96. The maximum atomic E-state index is 9.37. The van der Waals surface area contributed by atoms with Crippen molar-refractivity contribution < 1.29 is 19.1 Å². The molecule has 0 radical (unpaired) electrons. The predicted octanol–water partition coefficient (Wildman–Crippen LogP) is 2.92. The molecule has 1 aromatic heterocycles. The van der Waals surface area contributed by atoms with Crippen molar-refractivity contribution in [1.82, 2.24) is 0 Å². The van der Waals surface area contributed by atoms with Gasteiger partial charge >= 0.3 is 5.97 Å². The molecule has 0 unspecified atom stereocenters. The van der Waals surface area contributed by atoms with E-state index in [2.05, 4.69) is 0 Å². The Morgan fingerprint density at radius 2 is 2.12 bits per heavy atom. The average molecular weight is 222 g/mol. The molecule has 1 N–H and O–H groups in total. The Labute approximate surface area is 93.4 Å². The van der Waals surface area contributed by atoms with Gasteiger partial charge in [-0.25, -0.2) is 0 Å². The molecule has 0 fully saturated rings. The van der Waals surface area contributed by atoms with Gasteiger partial charge < -0.3 is 14.3 Å². The highest BCUT2D eigenvalue weighted by molar-refractivity contribution is 5.78. The fourth-order valence-electron chi connectivity index (χ4n) is 1.07. The first-order chi connectivity index (χ1) is 7.67. The summed E-state index contributed by atoms with van der Waals surface area (Å²) < 4.78 is 10.2. The van der Waals surface area contributed by atoms with Crippen LogP contribution in [-0.2, 0) is 4.79 Å². The van der Waals surface area contributed by atoms with Gasteiger partial charge in [-0.1, -0.05) is 6.92 Å². The molecule has 0 saturated carbocycles. The van der Waals surface area contributed by atoms with Gasteiger partial charge in [0.05, 0.1) is 13.4 Å². The molecule has 1 aromatic carbocycles. The van der Waals surface area contributed by atoms with Crippen molar-refractivity contribution in [3.8, 4) is 5.75 Å². The number of furan rings is 1. The monoisotopic (exact) mass is 222 g/mol. The molecule has 4 nitrogen and oxygen atoms in total. The lowest BCUT2D eigenvalue weighted by Crippen LogP contribution is -1.86. The summed E-state index contributed by atoms with van der Waals surface area (Å²) in [6, 6.07) is 7.64. The van der Waals surface area contributed by atoms with Gasteiger partial charge in [-0.3, -0.25) is 4.79 Å². The van der Waals surface area contributed by atoms with E-state index in [9.17, 15) is 4.79 Å². The van der Waals surface area contributed by atoms with Crippen molar-refractivity contribution in [1.29, 1.82) is 0 Å². The minimum Gasteiger partial charge on any atom is -0.497 e. The number of carbonyl (C=O) groups is 1. The second kappa shape index (κ2) is 5.80. The first kappa shape index (κ1) is 12.1. The summed E-state index contributed by atoms with van der Waals surface area (Å²) in [5.41, 5.74) is 0.894. The Hall–Kier alpha value is -1.97. The van der Waals surface area contributed by atoms with E-state index in [1.807, 2.05) is 24.3 Å². The van der Waals surface area contributed by atoms with E-state index in [1.165, 1.54) is 0 Å². The number of methoxy groups -OCH3 is 1. The number of carboxylic acid groups (broad SMARTS) is 1. The number of ether oxygens (including phenoxy) is 1. The maximum Gasteiger partial charge on any atom is 0.303 e. The third-order valence-electron chi connectivity index (χ3n) is 1.96. The Morgan fingerprint density at radius 3 is 2.69 bits per heavy atom. The van der Waals surface area contributed by atoms with Crippen LogP contribution in [0.15, 0.2) is 34.9 Å². The average Bonchev–Trinajstić information content (AvgIpc) is 2.76. The number of carboxylic acids is 1. The van der Waals surface area contributed by atoms with Gasteiger partial charge in [0.25, 0.3) is 0 Å². The zero-order valence-corrected chi connectivity index (χ0v) is 9.27. The van der Waals surface area contributed by atoms with Crippen LogP contribution in [0.25, 0.3) is 11.0 Å². The van der Waals surface area contributed by atoms with E-state index in [4.69, 9.17) is 14.3 Å². The maximum absolute atomic E-state index is 9.37. The Kier molecular flexibility index (Phi) is 4.39. The van der Waals surface area contributed by atoms with Crippen molar-refractivity contribution in [2.24, 2.45) is 0 Å². The second-order valence-electron chi connectivity index (χ2n) is 3.07. The van der Waals surface area contributed by atoms with Crippen molar-refractivity contribution in [2.75, 3.05) is 7.11 Å². The second-order valence-corrected chi connectivity index (χ2v) is 3.07. The van der Waals surface area contributed by atoms with Gasteiger partial charge in [-0.15, -0.1) is 0 Å². The smallest absolute Gasteiger partial charge is 0.303 e. The van der Waals surface area contributed by atoms with Gasteiger partial charge in [-0.2, -0.15) is 0 Å². The molecule has 0 spiro atoms. The molecule has 86 valence electrons. The Balaban J connectivity index is 0.000000221. The third kappa shape index (κ3) is 3.31. The molecule has 0 aliphatic carbocycles. The van der Waals surface area contributed by atoms with Crippen LogP contribution in [0.2, 0.25) is 0 Å². The third-order valence-corrected chi connectivity index (χ3v) is 1.96. The molecule has 0 aliphatic heterocycles. The number of hydrogen-bond acceptors (Lipinski definition) is 3. The molecule has 1 heterocycles. The molecule has 2 rings (SSSR count). The lowest BCUT2D eigenvalue weighted by atomic mass is 10.2. The quantitative estimate of drug-likeness (QED) is 0.848. The van der Waals surface area contributed by atoms with E-state index in [0.29, 0.717) is 0 Å². The fraction of sp³-hybridized carbons (Fsp3) is 0.250. The summed E-state index contributed by atoms with van der Waals surface area (Å²) in [5.74, 6) is 0.115. The van der Waals surface area contributed by atoms with E-state index in [0.717, 1.165) is 16.7 Å². The van der Waals surface area contributed by atoms with Crippen molar-refractivity contribution in [3.05, 3.63) is 30.5 Å². The van der Waals surface area contributed by atoms with Gasteiger partial charge in [0.1, 0.15) is 11.3 Å². The lowest BCUT2D eigenvalue weighted by molar-refractivity contribution is -0.136. The summed E-state index contributed by atoms with van der Waals surface area (Å²) in [6.45, 7) is 1.60. The van der Waals surface area contributed by atoms with Crippen molar-refractivity contribution >= 4 is 16.9 Å². The number of rotatable bonds is 2.